The molecule has 0 aliphatic carbocycles. The van der Waals surface area contributed by atoms with Crippen LogP contribution in [0.3, 0.4) is 0 Å². The SMILES string of the molecule is CN1CCN(CCC(=O)N/N=C/c2ccccn2)CC1. The van der Waals surface area contributed by atoms with Gasteiger partial charge in [0.1, 0.15) is 0 Å². The number of likely N-dealkylation sites (N-methyl/N-ethyl adjacent to an activating group) is 1. The molecule has 6 nitrogen and oxygen atoms in total. The van der Waals surface area contributed by atoms with Gasteiger partial charge in [0, 0.05) is 45.3 Å². The Balaban J connectivity index is 1.64. The molecule has 0 unspecified atom stereocenters. The average Bonchev–Trinajstić information content (AvgIpc) is 2.48. The van der Waals surface area contributed by atoms with E-state index in [9.17, 15) is 4.79 Å². The van der Waals surface area contributed by atoms with Crippen LogP contribution in [-0.4, -0.2) is 66.7 Å². The van der Waals surface area contributed by atoms with Crippen molar-refractivity contribution in [1.29, 1.82) is 0 Å². The largest absolute Gasteiger partial charge is 0.304 e. The second-order valence-electron chi connectivity index (χ2n) is 4.94. The molecule has 0 atom stereocenters. The van der Waals surface area contributed by atoms with Gasteiger partial charge in [0.2, 0.25) is 5.91 Å². The first-order chi connectivity index (χ1) is 9.74. The maximum absolute atomic E-state index is 11.7. The molecule has 1 aliphatic rings. The van der Waals surface area contributed by atoms with Gasteiger partial charge in [-0.05, 0) is 19.2 Å². The highest BCUT2D eigenvalue weighted by molar-refractivity contribution is 5.80. The fourth-order valence-corrected chi connectivity index (χ4v) is 2.01. The van der Waals surface area contributed by atoms with Gasteiger partial charge >= 0.3 is 0 Å². The van der Waals surface area contributed by atoms with E-state index in [0.717, 1.165) is 38.4 Å². The Bertz CT molecular complexity index is 440. The van der Waals surface area contributed by atoms with E-state index in [2.05, 4.69) is 32.4 Å². The van der Waals surface area contributed by atoms with Gasteiger partial charge in [-0.1, -0.05) is 6.07 Å². The number of pyridine rings is 1. The summed E-state index contributed by atoms with van der Waals surface area (Å²) in [4.78, 5) is 20.4. The van der Waals surface area contributed by atoms with E-state index in [1.807, 2.05) is 18.2 Å². The van der Waals surface area contributed by atoms with Crippen LogP contribution in [0.5, 0.6) is 0 Å². The van der Waals surface area contributed by atoms with Crippen molar-refractivity contribution in [2.75, 3.05) is 39.8 Å². The van der Waals surface area contributed by atoms with Crippen molar-refractivity contribution in [3.63, 3.8) is 0 Å². The summed E-state index contributed by atoms with van der Waals surface area (Å²) in [6.45, 7) is 4.99. The maximum atomic E-state index is 11.7. The van der Waals surface area contributed by atoms with Gasteiger partial charge in [-0.3, -0.25) is 9.78 Å². The average molecular weight is 275 g/mol. The third-order valence-electron chi connectivity index (χ3n) is 3.32. The standard InChI is InChI=1S/C14H21N5O/c1-18-8-10-19(11-9-18)7-5-14(20)17-16-12-13-4-2-3-6-15-13/h2-4,6,12H,5,7-11H2,1H3,(H,17,20)/b16-12+. The minimum Gasteiger partial charge on any atom is -0.304 e. The molecule has 20 heavy (non-hydrogen) atoms. The van der Waals surface area contributed by atoms with Crippen LogP contribution in [-0.2, 0) is 4.79 Å². The minimum absolute atomic E-state index is 0.0592. The number of nitrogens with one attached hydrogen (secondary N) is 1. The molecule has 1 aromatic heterocycles. The van der Waals surface area contributed by atoms with Crippen molar-refractivity contribution >= 4 is 12.1 Å². The Morgan fingerprint density at radius 3 is 2.90 bits per heavy atom. The Morgan fingerprint density at radius 2 is 2.20 bits per heavy atom. The van der Waals surface area contributed by atoms with Gasteiger partial charge in [0.05, 0.1) is 11.9 Å². The Morgan fingerprint density at radius 1 is 1.40 bits per heavy atom. The zero-order valence-electron chi connectivity index (χ0n) is 11.8. The third kappa shape index (κ3) is 5.07. The van der Waals surface area contributed by atoms with Crippen LogP contribution in [0.4, 0.5) is 0 Å². The van der Waals surface area contributed by atoms with Gasteiger partial charge in [0.15, 0.2) is 0 Å². The summed E-state index contributed by atoms with van der Waals surface area (Å²) in [5.41, 5.74) is 3.26. The van der Waals surface area contributed by atoms with E-state index in [1.54, 1.807) is 12.4 Å². The van der Waals surface area contributed by atoms with Crippen LogP contribution in [0, 0.1) is 0 Å². The first-order valence-electron chi connectivity index (χ1n) is 6.88. The molecule has 0 aromatic carbocycles. The number of hydrazone groups is 1. The van der Waals surface area contributed by atoms with Crippen molar-refractivity contribution < 1.29 is 4.79 Å². The Labute approximate surface area is 119 Å². The summed E-state index contributed by atoms with van der Waals surface area (Å²) >= 11 is 0. The molecule has 0 spiro atoms. The number of nitrogens with zero attached hydrogens (tertiary/aromatic N) is 4. The van der Waals surface area contributed by atoms with Gasteiger partial charge in [-0.25, -0.2) is 5.43 Å². The predicted octanol–water partition coefficient (Wildman–Crippen LogP) is 0.169. The van der Waals surface area contributed by atoms with Crippen molar-refractivity contribution in [1.82, 2.24) is 20.2 Å². The maximum Gasteiger partial charge on any atom is 0.241 e. The summed E-state index contributed by atoms with van der Waals surface area (Å²) in [5.74, 6) is -0.0592. The molecular weight excluding hydrogens is 254 g/mol. The van der Waals surface area contributed by atoms with E-state index < -0.39 is 0 Å². The lowest BCUT2D eigenvalue weighted by molar-refractivity contribution is -0.121. The summed E-state index contributed by atoms with van der Waals surface area (Å²) in [7, 11) is 2.12. The molecule has 0 radical (unpaired) electrons. The van der Waals surface area contributed by atoms with Crippen molar-refractivity contribution in [2.45, 2.75) is 6.42 Å². The Hall–Kier alpha value is -1.79. The van der Waals surface area contributed by atoms with Crippen LogP contribution in [0.15, 0.2) is 29.5 Å². The van der Waals surface area contributed by atoms with Crippen molar-refractivity contribution in [3.8, 4) is 0 Å². The topological polar surface area (TPSA) is 60.8 Å². The molecule has 1 amide bonds. The quantitative estimate of drug-likeness (QED) is 0.615. The minimum atomic E-state index is -0.0592. The number of carbonyl (C=O) groups is 1. The highest BCUT2D eigenvalue weighted by atomic mass is 16.2. The number of hydrogen-bond acceptors (Lipinski definition) is 5. The first-order valence-corrected chi connectivity index (χ1v) is 6.88. The monoisotopic (exact) mass is 275 g/mol. The molecule has 1 N–H and O–H groups in total. The third-order valence-corrected chi connectivity index (χ3v) is 3.32. The van der Waals surface area contributed by atoms with Crippen LogP contribution in [0.1, 0.15) is 12.1 Å². The molecule has 1 aromatic rings. The number of aromatic nitrogens is 1. The smallest absolute Gasteiger partial charge is 0.241 e. The second kappa shape index (κ2) is 7.72. The molecule has 108 valence electrons. The van der Waals surface area contributed by atoms with Gasteiger partial charge in [-0.15, -0.1) is 0 Å². The van der Waals surface area contributed by atoms with Crippen molar-refractivity contribution in [3.05, 3.63) is 30.1 Å². The summed E-state index contributed by atoms with van der Waals surface area (Å²) in [6.07, 6.45) is 3.72. The molecule has 1 aliphatic heterocycles. The fourth-order valence-electron chi connectivity index (χ4n) is 2.01. The highest BCUT2D eigenvalue weighted by Gasteiger charge is 2.14. The predicted molar refractivity (Wildman–Crippen MR) is 78.5 cm³/mol. The highest BCUT2D eigenvalue weighted by Crippen LogP contribution is 1.99. The van der Waals surface area contributed by atoms with Gasteiger partial charge in [-0.2, -0.15) is 5.10 Å². The van der Waals surface area contributed by atoms with Crippen LogP contribution in [0.2, 0.25) is 0 Å². The molecule has 0 saturated carbocycles. The second-order valence-corrected chi connectivity index (χ2v) is 4.94. The molecular formula is C14H21N5O. The summed E-state index contributed by atoms with van der Waals surface area (Å²) < 4.78 is 0. The van der Waals surface area contributed by atoms with E-state index in [1.165, 1.54) is 0 Å². The van der Waals surface area contributed by atoms with E-state index in [-0.39, 0.29) is 5.91 Å². The molecule has 0 bridgehead atoms. The summed E-state index contributed by atoms with van der Waals surface area (Å²) in [5, 5.41) is 3.90. The molecule has 2 rings (SSSR count). The number of piperazine rings is 1. The molecule has 2 heterocycles. The van der Waals surface area contributed by atoms with E-state index in [0.29, 0.717) is 6.42 Å². The number of amides is 1. The number of rotatable bonds is 5. The summed E-state index contributed by atoms with van der Waals surface area (Å²) in [6, 6.07) is 5.55. The zero-order chi connectivity index (χ0) is 14.2. The first kappa shape index (κ1) is 14.6. The Kier molecular flexibility index (Phi) is 5.64. The van der Waals surface area contributed by atoms with Crippen LogP contribution < -0.4 is 5.43 Å². The van der Waals surface area contributed by atoms with Crippen molar-refractivity contribution in [2.24, 2.45) is 5.10 Å². The lowest BCUT2D eigenvalue weighted by atomic mass is 10.3. The lowest BCUT2D eigenvalue weighted by Crippen LogP contribution is -2.45. The van der Waals surface area contributed by atoms with Crippen LogP contribution >= 0.6 is 0 Å². The number of hydrogen-bond donors (Lipinski definition) is 1. The lowest BCUT2D eigenvalue weighted by Gasteiger charge is -2.32. The molecule has 6 heteroatoms. The zero-order valence-corrected chi connectivity index (χ0v) is 11.8. The van der Waals surface area contributed by atoms with Gasteiger partial charge in [0.25, 0.3) is 0 Å². The van der Waals surface area contributed by atoms with E-state index >= 15 is 0 Å². The van der Waals surface area contributed by atoms with E-state index in [4.69, 9.17) is 0 Å². The molecule has 1 fully saturated rings. The number of carbonyl (C=O) groups excluding carboxylic acids is 1. The van der Waals surface area contributed by atoms with Crippen LogP contribution in [0.25, 0.3) is 0 Å². The fraction of sp³-hybridized carbons (Fsp3) is 0.500. The van der Waals surface area contributed by atoms with Gasteiger partial charge < -0.3 is 9.80 Å². The molecule has 1 saturated heterocycles. The normalized spacial score (nSPS) is 17.4.